The van der Waals surface area contributed by atoms with Crippen molar-refractivity contribution in [3.05, 3.63) is 0 Å². The summed E-state index contributed by atoms with van der Waals surface area (Å²) in [5.41, 5.74) is 0. The Morgan fingerprint density at radius 1 is 1.40 bits per heavy atom. The molecule has 1 heterocycles. The number of hydrogen-bond donors (Lipinski definition) is 3. The van der Waals surface area contributed by atoms with E-state index in [0.29, 0.717) is 12.6 Å². The van der Waals surface area contributed by atoms with Crippen LogP contribution in [0.15, 0.2) is 0 Å². The molecule has 0 saturated carbocycles. The highest BCUT2D eigenvalue weighted by molar-refractivity contribution is 5.74. The zero-order valence-corrected chi connectivity index (χ0v) is 13.0. The van der Waals surface area contributed by atoms with Crippen molar-refractivity contribution in [1.29, 1.82) is 0 Å². The molecular formula is C15H31N3O2. The minimum absolute atomic E-state index is 0.00399. The van der Waals surface area contributed by atoms with Gasteiger partial charge in [0.05, 0.1) is 12.6 Å². The fourth-order valence-corrected chi connectivity index (χ4v) is 2.67. The van der Waals surface area contributed by atoms with Gasteiger partial charge >= 0.3 is 6.03 Å². The Hall–Kier alpha value is -0.810. The number of nitrogens with zero attached hydrogens (tertiary/aromatic N) is 1. The van der Waals surface area contributed by atoms with Gasteiger partial charge in [0, 0.05) is 12.6 Å². The molecule has 5 heteroatoms. The Labute approximate surface area is 123 Å². The van der Waals surface area contributed by atoms with Crippen molar-refractivity contribution in [2.24, 2.45) is 0 Å². The minimum atomic E-state index is -0.160. The molecule has 2 atom stereocenters. The highest BCUT2D eigenvalue weighted by Crippen LogP contribution is 2.16. The van der Waals surface area contributed by atoms with Crippen LogP contribution in [-0.2, 0) is 0 Å². The number of carbonyl (C=O) groups excluding carboxylic acids is 1. The zero-order valence-electron chi connectivity index (χ0n) is 13.0. The van der Waals surface area contributed by atoms with Gasteiger partial charge in [0.1, 0.15) is 0 Å². The second kappa shape index (κ2) is 10.00. The molecule has 20 heavy (non-hydrogen) atoms. The minimum Gasteiger partial charge on any atom is -0.394 e. The number of amides is 2. The third-order valence-electron chi connectivity index (χ3n) is 4.09. The Morgan fingerprint density at radius 3 is 2.85 bits per heavy atom. The van der Waals surface area contributed by atoms with E-state index in [2.05, 4.69) is 22.5 Å². The maximum atomic E-state index is 11.8. The van der Waals surface area contributed by atoms with E-state index in [0.717, 1.165) is 19.5 Å². The highest BCUT2D eigenvalue weighted by atomic mass is 16.3. The molecular weight excluding hydrogens is 254 g/mol. The normalized spacial score (nSPS) is 21.4. The summed E-state index contributed by atoms with van der Waals surface area (Å²) in [5, 5.41) is 14.8. The first kappa shape index (κ1) is 17.2. The summed E-state index contributed by atoms with van der Waals surface area (Å²) in [5.74, 6) is 0. The van der Waals surface area contributed by atoms with Crippen LogP contribution in [-0.4, -0.2) is 54.4 Å². The average molecular weight is 285 g/mol. The van der Waals surface area contributed by atoms with Gasteiger partial charge in [-0.3, -0.25) is 4.90 Å². The predicted octanol–water partition coefficient (Wildman–Crippen LogP) is 1.71. The van der Waals surface area contributed by atoms with Crippen LogP contribution < -0.4 is 10.6 Å². The smallest absolute Gasteiger partial charge is 0.315 e. The molecule has 5 nitrogen and oxygen atoms in total. The number of nitrogens with one attached hydrogen (secondary N) is 2. The first-order valence-corrected chi connectivity index (χ1v) is 8.10. The fourth-order valence-electron chi connectivity index (χ4n) is 2.67. The summed E-state index contributed by atoms with van der Waals surface area (Å²) in [6, 6.07) is 0.166. The summed E-state index contributed by atoms with van der Waals surface area (Å²) < 4.78 is 0. The standard InChI is InChI=1S/C15H31N3O2/c1-3-5-9-18-10-7-6-8-14(18)11-16-15(20)17-13(4-2)12-19/h13-14,19H,3-12H2,1-2H3,(H2,16,17,20). The average Bonchev–Trinajstić information content (AvgIpc) is 2.49. The Balaban J connectivity index is 2.31. The molecule has 1 rings (SSSR count). The number of aliphatic hydroxyl groups is 1. The van der Waals surface area contributed by atoms with Gasteiger partial charge in [0.25, 0.3) is 0 Å². The number of hydrogen-bond acceptors (Lipinski definition) is 3. The zero-order chi connectivity index (χ0) is 14.8. The SMILES string of the molecule is CCCCN1CCCCC1CNC(=O)NC(CC)CO. The number of rotatable bonds is 8. The number of unbranched alkanes of at least 4 members (excludes halogenated alkanes) is 1. The molecule has 0 aromatic rings. The summed E-state index contributed by atoms with van der Waals surface area (Å²) >= 11 is 0. The van der Waals surface area contributed by atoms with E-state index in [4.69, 9.17) is 5.11 Å². The second-order valence-corrected chi connectivity index (χ2v) is 5.68. The first-order valence-electron chi connectivity index (χ1n) is 8.10. The lowest BCUT2D eigenvalue weighted by molar-refractivity contribution is 0.143. The largest absolute Gasteiger partial charge is 0.394 e. The molecule has 118 valence electrons. The van der Waals surface area contributed by atoms with Gasteiger partial charge in [-0.05, 0) is 38.8 Å². The second-order valence-electron chi connectivity index (χ2n) is 5.68. The summed E-state index contributed by atoms with van der Waals surface area (Å²) in [4.78, 5) is 14.3. The molecule has 3 N–H and O–H groups in total. The van der Waals surface area contributed by atoms with E-state index in [-0.39, 0.29) is 18.7 Å². The summed E-state index contributed by atoms with van der Waals surface area (Å²) in [6.45, 7) is 7.16. The molecule has 0 aromatic heterocycles. The molecule has 2 amide bonds. The van der Waals surface area contributed by atoms with E-state index in [1.807, 2.05) is 6.92 Å². The topological polar surface area (TPSA) is 64.6 Å². The highest BCUT2D eigenvalue weighted by Gasteiger charge is 2.22. The van der Waals surface area contributed by atoms with Crippen LogP contribution in [0.1, 0.15) is 52.4 Å². The molecule has 2 unspecified atom stereocenters. The van der Waals surface area contributed by atoms with Crippen molar-refractivity contribution in [1.82, 2.24) is 15.5 Å². The third kappa shape index (κ3) is 6.09. The molecule has 0 spiro atoms. The number of piperidine rings is 1. The van der Waals surface area contributed by atoms with E-state index in [1.165, 1.54) is 32.1 Å². The van der Waals surface area contributed by atoms with E-state index < -0.39 is 0 Å². The quantitative estimate of drug-likeness (QED) is 0.636. The Kier molecular flexibility index (Phi) is 8.62. The van der Waals surface area contributed by atoms with Gasteiger partial charge < -0.3 is 15.7 Å². The molecule has 0 aromatic carbocycles. The van der Waals surface area contributed by atoms with Crippen LogP contribution >= 0.6 is 0 Å². The van der Waals surface area contributed by atoms with E-state index in [9.17, 15) is 4.79 Å². The van der Waals surface area contributed by atoms with Gasteiger partial charge in [0.2, 0.25) is 0 Å². The monoisotopic (exact) mass is 285 g/mol. The van der Waals surface area contributed by atoms with Crippen molar-refractivity contribution in [2.45, 2.75) is 64.5 Å². The number of aliphatic hydroxyl groups excluding tert-OH is 1. The lowest BCUT2D eigenvalue weighted by atomic mass is 10.0. The van der Waals surface area contributed by atoms with Gasteiger partial charge in [-0.2, -0.15) is 0 Å². The van der Waals surface area contributed by atoms with Gasteiger partial charge in [-0.25, -0.2) is 4.79 Å². The van der Waals surface area contributed by atoms with Gasteiger partial charge in [-0.1, -0.05) is 26.7 Å². The van der Waals surface area contributed by atoms with Crippen molar-refractivity contribution >= 4 is 6.03 Å². The molecule has 0 bridgehead atoms. The summed E-state index contributed by atoms with van der Waals surface area (Å²) in [6.07, 6.45) is 6.88. The van der Waals surface area contributed by atoms with Crippen molar-refractivity contribution in [3.8, 4) is 0 Å². The number of likely N-dealkylation sites (tertiary alicyclic amines) is 1. The Bertz CT molecular complexity index is 270. The molecule has 0 radical (unpaired) electrons. The van der Waals surface area contributed by atoms with Crippen LogP contribution in [0.2, 0.25) is 0 Å². The maximum Gasteiger partial charge on any atom is 0.315 e. The third-order valence-corrected chi connectivity index (χ3v) is 4.09. The molecule has 0 aliphatic carbocycles. The lowest BCUT2D eigenvalue weighted by Gasteiger charge is -2.35. The maximum absolute atomic E-state index is 11.8. The van der Waals surface area contributed by atoms with E-state index in [1.54, 1.807) is 0 Å². The van der Waals surface area contributed by atoms with Gasteiger partial charge in [-0.15, -0.1) is 0 Å². The molecule has 1 aliphatic rings. The number of carbonyl (C=O) groups is 1. The van der Waals surface area contributed by atoms with Crippen LogP contribution in [0.3, 0.4) is 0 Å². The summed E-state index contributed by atoms with van der Waals surface area (Å²) in [7, 11) is 0. The predicted molar refractivity (Wildman–Crippen MR) is 81.8 cm³/mol. The molecule has 1 saturated heterocycles. The van der Waals surface area contributed by atoms with Crippen LogP contribution in [0.5, 0.6) is 0 Å². The van der Waals surface area contributed by atoms with Crippen LogP contribution in [0.25, 0.3) is 0 Å². The fraction of sp³-hybridized carbons (Fsp3) is 0.933. The van der Waals surface area contributed by atoms with Crippen molar-refractivity contribution < 1.29 is 9.90 Å². The molecule has 1 fully saturated rings. The van der Waals surface area contributed by atoms with Gasteiger partial charge in [0.15, 0.2) is 0 Å². The van der Waals surface area contributed by atoms with Crippen LogP contribution in [0.4, 0.5) is 4.79 Å². The first-order chi connectivity index (χ1) is 9.71. The molecule has 1 aliphatic heterocycles. The van der Waals surface area contributed by atoms with E-state index >= 15 is 0 Å². The lowest BCUT2D eigenvalue weighted by Crippen LogP contribution is -2.50. The Morgan fingerprint density at radius 2 is 2.20 bits per heavy atom. The van der Waals surface area contributed by atoms with Crippen molar-refractivity contribution in [2.75, 3.05) is 26.2 Å². The van der Waals surface area contributed by atoms with Crippen LogP contribution in [0, 0.1) is 0 Å². The van der Waals surface area contributed by atoms with Crippen molar-refractivity contribution in [3.63, 3.8) is 0 Å². The number of urea groups is 1.